The smallest absolute Gasteiger partial charge is 0.269 e. The topological polar surface area (TPSA) is 67.2 Å². The summed E-state index contributed by atoms with van der Waals surface area (Å²) in [7, 11) is 0. The zero-order valence-electron chi connectivity index (χ0n) is 12.4. The molecule has 0 aliphatic heterocycles. The Labute approximate surface area is 115 Å². The second-order valence-corrected chi connectivity index (χ2v) is 5.51. The molecule has 108 valence electrons. The van der Waals surface area contributed by atoms with E-state index >= 15 is 0 Å². The van der Waals surface area contributed by atoms with E-state index in [0.29, 0.717) is 25.2 Å². The van der Waals surface area contributed by atoms with Crippen LogP contribution >= 0.6 is 0 Å². The fourth-order valence-corrected chi connectivity index (χ4v) is 1.87. The number of aliphatic hydroxyl groups excluding tert-OH is 1. The van der Waals surface area contributed by atoms with Crippen LogP contribution in [-0.2, 0) is 13.0 Å². The van der Waals surface area contributed by atoms with Crippen LogP contribution in [0.2, 0.25) is 0 Å². The third-order valence-electron chi connectivity index (χ3n) is 3.24. The van der Waals surface area contributed by atoms with Crippen molar-refractivity contribution in [2.24, 2.45) is 5.41 Å². The standard InChI is InChI=1S/C14H25N3O2/c1-5-11-9-12(17(6-2)16-11)13(19)15-10-14(3,4)7-8-18/h9,18H,5-8,10H2,1-4H3,(H,15,19). The van der Waals surface area contributed by atoms with Crippen LogP contribution in [0.1, 0.15) is 50.3 Å². The Morgan fingerprint density at radius 1 is 1.47 bits per heavy atom. The van der Waals surface area contributed by atoms with E-state index in [9.17, 15) is 4.79 Å². The number of carbonyl (C=O) groups is 1. The van der Waals surface area contributed by atoms with Gasteiger partial charge in [0.2, 0.25) is 0 Å². The normalized spacial score (nSPS) is 11.6. The van der Waals surface area contributed by atoms with Crippen LogP contribution < -0.4 is 5.32 Å². The third-order valence-corrected chi connectivity index (χ3v) is 3.24. The molecule has 0 aliphatic rings. The molecule has 0 saturated carbocycles. The molecule has 0 fully saturated rings. The van der Waals surface area contributed by atoms with Crippen molar-refractivity contribution in [3.63, 3.8) is 0 Å². The molecule has 5 heteroatoms. The molecule has 0 aliphatic carbocycles. The second kappa shape index (κ2) is 6.70. The molecule has 0 radical (unpaired) electrons. The first-order valence-corrected chi connectivity index (χ1v) is 6.89. The van der Waals surface area contributed by atoms with Gasteiger partial charge in [-0.3, -0.25) is 9.48 Å². The maximum Gasteiger partial charge on any atom is 0.269 e. The highest BCUT2D eigenvalue weighted by Gasteiger charge is 2.20. The van der Waals surface area contributed by atoms with Gasteiger partial charge in [-0.2, -0.15) is 5.10 Å². The predicted molar refractivity (Wildman–Crippen MR) is 75.1 cm³/mol. The highest BCUT2D eigenvalue weighted by atomic mass is 16.3. The first-order valence-electron chi connectivity index (χ1n) is 6.89. The number of hydrogen-bond donors (Lipinski definition) is 2. The molecule has 0 atom stereocenters. The lowest BCUT2D eigenvalue weighted by molar-refractivity contribution is 0.0917. The largest absolute Gasteiger partial charge is 0.396 e. The highest BCUT2D eigenvalue weighted by molar-refractivity contribution is 5.92. The molecule has 19 heavy (non-hydrogen) atoms. The van der Waals surface area contributed by atoms with Crippen LogP contribution in [0.25, 0.3) is 0 Å². The van der Waals surface area contributed by atoms with Crippen LogP contribution in [0, 0.1) is 5.41 Å². The lowest BCUT2D eigenvalue weighted by atomic mass is 9.90. The first kappa shape index (κ1) is 15.7. The van der Waals surface area contributed by atoms with Gasteiger partial charge in [0.1, 0.15) is 5.69 Å². The van der Waals surface area contributed by atoms with Crippen LogP contribution in [-0.4, -0.2) is 33.9 Å². The molecule has 0 spiro atoms. The van der Waals surface area contributed by atoms with Gasteiger partial charge in [0.05, 0.1) is 5.69 Å². The number of nitrogens with one attached hydrogen (secondary N) is 1. The van der Waals surface area contributed by atoms with Crippen molar-refractivity contribution in [3.8, 4) is 0 Å². The predicted octanol–water partition coefficient (Wildman–Crippen LogP) is 1.60. The molecule has 1 rings (SSSR count). The molecule has 0 bridgehead atoms. The molecule has 1 aromatic heterocycles. The molecule has 5 nitrogen and oxygen atoms in total. The number of amides is 1. The maximum atomic E-state index is 12.2. The Balaban J connectivity index is 2.70. The molecule has 0 unspecified atom stereocenters. The number of carbonyl (C=O) groups excluding carboxylic acids is 1. The van der Waals surface area contributed by atoms with E-state index in [2.05, 4.69) is 10.4 Å². The zero-order chi connectivity index (χ0) is 14.5. The monoisotopic (exact) mass is 267 g/mol. The van der Waals surface area contributed by atoms with Crippen LogP contribution in [0.4, 0.5) is 0 Å². The van der Waals surface area contributed by atoms with Crippen molar-refractivity contribution in [2.75, 3.05) is 13.2 Å². The van der Waals surface area contributed by atoms with E-state index in [1.165, 1.54) is 0 Å². The summed E-state index contributed by atoms with van der Waals surface area (Å²) < 4.78 is 1.73. The Morgan fingerprint density at radius 3 is 2.68 bits per heavy atom. The molecular formula is C14H25N3O2. The number of hydrogen-bond acceptors (Lipinski definition) is 3. The van der Waals surface area contributed by atoms with Crippen LogP contribution in [0.3, 0.4) is 0 Å². The zero-order valence-corrected chi connectivity index (χ0v) is 12.4. The fourth-order valence-electron chi connectivity index (χ4n) is 1.87. The van der Waals surface area contributed by atoms with Gasteiger partial charge in [-0.05, 0) is 31.2 Å². The summed E-state index contributed by atoms with van der Waals surface area (Å²) in [6, 6.07) is 1.85. The Morgan fingerprint density at radius 2 is 2.16 bits per heavy atom. The van der Waals surface area contributed by atoms with Gasteiger partial charge in [-0.15, -0.1) is 0 Å². The van der Waals surface area contributed by atoms with Gasteiger partial charge in [0.15, 0.2) is 0 Å². The average molecular weight is 267 g/mol. The summed E-state index contributed by atoms with van der Waals surface area (Å²) in [5.41, 5.74) is 1.44. The van der Waals surface area contributed by atoms with Gasteiger partial charge in [-0.25, -0.2) is 0 Å². The number of nitrogens with zero attached hydrogens (tertiary/aromatic N) is 2. The summed E-state index contributed by atoms with van der Waals surface area (Å²) in [5, 5.41) is 16.3. The van der Waals surface area contributed by atoms with Crippen molar-refractivity contribution < 1.29 is 9.90 Å². The average Bonchev–Trinajstić information content (AvgIpc) is 2.79. The lowest BCUT2D eigenvalue weighted by Crippen LogP contribution is -2.35. The van der Waals surface area contributed by atoms with Crippen molar-refractivity contribution in [1.82, 2.24) is 15.1 Å². The number of aromatic nitrogens is 2. The quantitative estimate of drug-likeness (QED) is 0.788. The molecule has 0 aromatic carbocycles. The van der Waals surface area contributed by atoms with E-state index in [0.717, 1.165) is 12.1 Å². The number of aliphatic hydroxyl groups is 1. The van der Waals surface area contributed by atoms with Crippen molar-refractivity contribution in [2.45, 2.75) is 47.1 Å². The second-order valence-electron chi connectivity index (χ2n) is 5.51. The summed E-state index contributed by atoms with van der Waals surface area (Å²) in [4.78, 5) is 12.2. The Kier molecular flexibility index (Phi) is 5.54. The summed E-state index contributed by atoms with van der Waals surface area (Å²) in [6.07, 6.45) is 1.49. The summed E-state index contributed by atoms with van der Waals surface area (Å²) >= 11 is 0. The van der Waals surface area contributed by atoms with Gasteiger partial charge in [0, 0.05) is 19.7 Å². The minimum atomic E-state index is -0.102. The Hall–Kier alpha value is -1.36. The van der Waals surface area contributed by atoms with Gasteiger partial charge < -0.3 is 10.4 Å². The molecule has 1 aromatic rings. The van der Waals surface area contributed by atoms with E-state index in [-0.39, 0.29) is 17.9 Å². The molecular weight excluding hydrogens is 242 g/mol. The van der Waals surface area contributed by atoms with Gasteiger partial charge in [0.25, 0.3) is 5.91 Å². The van der Waals surface area contributed by atoms with E-state index < -0.39 is 0 Å². The number of aryl methyl sites for hydroxylation is 2. The number of rotatable bonds is 7. The highest BCUT2D eigenvalue weighted by Crippen LogP contribution is 2.18. The van der Waals surface area contributed by atoms with Gasteiger partial charge in [-0.1, -0.05) is 20.8 Å². The molecule has 1 heterocycles. The third kappa shape index (κ3) is 4.35. The maximum absolute atomic E-state index is 12.2. The van der Waals surface area contributed by atoms with Crippen molar-refractivity contribution >= 4 is 5.91 Å². The van der Waals surface area contributed by atoms with Gasteiger partial charge >= 0.3 is 0 Å². The van der Waals surface area contributed by atoms with Crippen LogP contribution in [0.15, 0.2) is 6.07 Å². The summed E-state index contributed by atoms with van der Waals surface area (Å²) in [5.74, 6) is -0.0972. The van der Waals surface area contributed by atoms with E-state index in [1.807, 2.05) is 33.8 Å². The molecule has 1 amide bonds. The minimum absolute atomic E-state index is 0.0972. The van der Waals surface area contributed by atoms with E-state index in [1.54, 1.807) is 4.68 Å². The van der Waals surface area contributed by atoms with Crippen molar-refractivity contribution in [1.29, 1.82) is 0 Å². The van der Waals surface area contributed by atoms with Crippen LogP contribution in [0.5, 0.6) is 0 Å². The minimum Gasteiger partial charge on any atom is -0.396 e. The lowest BCUT2D eigenvalue weighted by Gasteiger charge is -2.23. The first-order chi connectivity index (χ1) is 8.93. The fraction of sp³-hybridized carbons (Fsp3) is 0.714. The Bertz CT molecular complexity index is 424. The summed E-state index contributed by atoms with van der Waals surface area (Å²) in [6.45, 7) is 9.41. The van der Waals surface area contributed by atoms with E-state index in [4.69, 9.17) is 5.11 Å². The van der Waals surface area contributed by atoms with Crippen molar-refractivity contribution in [3.05, 3.63) is 17.5 Å². The molecule has 0 saturated heterocycles. The molecule has 2 N–H and O–H groups in total. The SMILES string of the molecule is CCc1cc(C(=O)NCC(C)(C)CCO)n(CC)n1.